The molecule has 4 aliphatic rings. The lowest BCUT2D eigenvalue weighted by molar-refractivity contribution is 0.0565. The van der Waals surface area contributed by atoms with Gasteiger partial charge < -0.3 is 4.74 Å². The van der Waals surface area contributed by atoms with Gasteiger partial charge in [-0.25, -0.2) is 14.8 Å². The molecular formula is C68H69N11O9. The summed E-state index contributed by atoms with van der Waals surface area (Å²) in [6.45, 7) is 11.9. The van der Waals surface area contributed by atoms with Crippen molar-refractivity contribution in [3.05, 3.63) is 159 Å². The number of rotatable bonds is 25. The van der Waals surface area contributed by atoms with Crippen LogP contribution >= 0.6 is 0 Å². The third-order valence-corrected chi connectivity index (χ3v) is 17.1. The van der Waals surface area contributed by atoms with E-state index in [0.717, 1.165) is 79.6 Å². The number of aromatic nitrogens is 3. The number of amides is 8. The summed E-state index contributed by atoms with van der Waals surface area (Å²) in [7, 11) is 3.44. The number of hydrogen-bond donors (Lipinski definition) is 0. The van der Waals surface area contributed by atoms with Crippen LogP contribution in [-0.2, 0) is 11.3 Å². The van der Waals surface area contributed by atoms with E-state index in [0.29, 0.717) is 86.5 Å². The number of nitrogens with zero attached hydrogens (tertiary/aromatic N) is 11. The predicted octanol–water partition coefficient (Wildman–Crippen LogP) is 11.7. The number of anilines is 4. The molecule has 20 nitrogen and oxygen atoms in total. The van der Waals surface area contributed by atoms with Crippen LogP contribution in [-0.4, -0.2) is 118 Å². The van der Waals surface area contributed by atoms with Crippen LogP contribution in [0.1, 0.15) is 199 Å². The number of ether oxygens (including phenoxy) is 1. The van der Waals surface area contributed by atoms with E-state index in [2.05, 4.69) is 54.8 Å². The van der Waals surface area contributed by atoms with Gasteiger partial charge in [-0.2, -0.15) is 10.2 Å². The van der Waals surface area contributed by atoms with Crippen LogP contribution in [0.5, 0.6) is 0 Å². The number of pyridine rings is 3. The van der Waals surface area contributed by atoms with E-state index in [1.54, 1.807) is 96.9 Å². The van der Waals surface area contributed by atoms with Crippen LogP contribution in [0.4, 0.5) is 23.0 Å². The number of unbranched alkanes of at least 4 members (excludes halogenated alkanes) is 3. The van der Waals surface area contributed by atoms with Gasteiger partial charge in [0, 0.05) is 99.8 Å². The zero-order chi connectivity index (χ0) is 62.1. The highest BCUT2D eigenvalue weighted by atomic mass is 16.5. The van der Waals surface area contributed by atoms with Crippen molar-refractivity contribution in [2.75, 3.05) is 53.6 Å². The van der Waals surface area contributed by atoms with Crippen LogP contribution in [0, 0.1) is 11.8 Å². The second kappa shape index (κ2) is 25.3. The molecule has 2 unspecified atom stereocenters. The molecule has 0 fully saturated rings. The van der Waals surface area contributed by atoms with Gasteiger partial charge >= 0.3 is 0 Å². The topological polar surface area (TPSA) is 229 Å². The lowest BCUT2D eigenvalue weighted by atomic mass is 9.85. The van der Waals surface area contributed by atoms with Crippen molar-refractivity contribution in [2.45, 2.75) is 105 Å². The quantitative estimate of drug-likeness (QED) is 0.0224. The van der Waals surface area contributed by atoms with Gasteiger partial charge in [0.25, 0.3) is 47.3 Å². The van der Waals surface area contributed by atoms with E-state index in [9.17, 15) is 38.4 Å². The Morgan fingerprint density at radius 3 is 1.11 bits per heavy atom. The largest absolute Gasteiger partial charge is 0.377 e. The Bertz CT molecular complexity index is 3680. The highest BCUT2D eigenvalue weighted by Crippen LogP contribution is 2.42. The maximum atomic E-state index is 14.2. The molecule has 450 valence electrons. The van der Waals surface area contributed by atoms with Gasteiger partial charge in [0.2, 0.25) is 0 Å². The fourth-order valence-corrected chi connectivity index (χ4v) is 12.0. The summed E-state index contributed by atoms with van der Waals surface area (Å²) in [5, 5.41) is 13.6. The Labute approximate surface area is 509 Å². The van der Waals surface area contributed by atoms with E-state index in [4.69, 9.17) is 9.72 Å². The molecule has 0 radical (unpaired) electrons. The molecule has 4 aliphatic heterocycles. The standard InChI is InChI=1S/C68H69N11O9/c1-8-13-16-40(11-4)37-76-61(80)47-22-26-51-59-52(27-23-48(57(47)59)62(76)81)66(85)78(65(51)84)45-20-18-43(69-35-45)33-71-74(6)55-31-42(39-88-30-15-10-3)32-56(73-55)75(7)72-34-44-19-21-46(36-70-44)79-67(86)53-28-24-49-58-50(25-29-54(60(53)58)68(79)87)64(83)77(63(49)82)38-41(12-5)17-14-9-2/h18-29,31-36,40-41H,8-17,30,37-39H2,1-7H3/b71-33+,72-34+. The van der Waals surface area contributed by atoms with Crippen LogP contribution in [0.15, 0.2) is 108 Å². The number of benzene rings is 4. The molecule has 4 aromatic carbocycles. The summed E-state index contributed by atoms with van der Waals surface area (Å²) in [4.78, 5) is 131. The fraction of sp³-hybridized carbons (Fsp3) is 0.338. The predicted molar refractivity (Wildman–Crippen MR) is 337 cm³/mol. The van der Waals surface area contributed by atoms with Crippen molar-refractivity contribution in [3.63, 3.8) is 0 Å². The summed E-state index contributed by atoms with van der Waals surface area (Å²) in [6.07, 6.45) is 15.2. The van der Waals surface area contributed by atoms with E-state index in [1.807, 2.05) is 12.1 Å². The molecule has 0 N–H and O–H groups in total. The monoisotopic (exact) mass is 1180 g/mol. The SMILES string of the molecule is CCCCOCc1cc(N(C)/N=C/c2ccc(N3C(=O)c4ccc5c6c(ccc(c46)C3=O)C(=O)N(CC(CC)CCCC)C5=O)cn2)nc(N(C)/N=C/c2ccc(N3C(=O)c4ccc5c6c(ccc(c46)C3=O)C(=O)N(CC(CC)CCCC)C5=O)cn2)c1. The van der Waals surface area contributed by atoms with Crippen LogP contribution in [0.25, 0.3) is 21.5 Å². The molecule has 11 rings (SSSR count). The fourth-order valence-electron chi connectivity index (χ4n) is 12.0. The molecule has 0 saturated carbocycles. The highest BCUT2D eigenvalue weighted by Gasteiger charge is 2.43. The minimum absolute atomic E-state index is 0.160. The molecule has 0 saturated heterocycles. The zero-order valence-corrected chi connectivity index (χ0v) is 50.5. The average molecular weight is 1180 g/mol. The third-order valence-electron chi connectivity index (χ3n) is 17.1. The summed E-state index contributed by atoms with van der Waals surface area (Å²) in [5.41, 5.74) is 4.01. The van der Waals surface area contributed by atoms with Crippen molar-refractivity contribution in [1.29, 1.82) is 0 Å². The molecule has 88 heavy (non-hydrogen) atoms. The van der Waals surface area contributed by atoms with Crippen molar-refractivity contribution in [1.82, 2.24) is 24.8 Å². The van der Waals surface area contributed by atoms with Gasteiger partial charge in [-0.3, -0.25) is 68.1 Å². The molecule has 2 atom stereocenters. The van der Waals surface area contributed by atoms with Crippen molar-refractivity contribution < 1.29 is 43.1 Å². The smallest absolute Gasteiger partial charge is 0.266 e. The van der Waals surface area contributed by atoms with E-state index in [1.165, 1.54) is 34.6 Å². The first kappa shape index (κ1) is 60.0. The molecule has 8 amide bonds. The van der Waals surface area contributed by atoms with E-state index >= 15 is 0 Å². The lowest BCUT2D eigenvalue weighted by Gasteiger charge is -2.33. The number of carbonyl (C=O) groups excluding carboxylic acids is 8. The van der Waals surface area contributed by atoms with Crippen LogP contribution in [0.3, 0.4) is 0 Å². The minimum atomic E-state index is -0.607. The maximum absolute atomic E-state index is 14.2. The van der Waals surface area contributed by atoms with Crippen LogP contribution < -0.4 is 19.8 Å². The van der Waals surface area contributed by atoms with Crippen LogP contribution in [0.2, 0.25) is 0 Å². The summed E-state index contributed by atoms with van der Waals surface area (Å²) >= 11 is 0. The van der Waals surface area contributed by atoms with Gasteiger partial charge in [0.05, 0.1) is 54.2 Å². The van der Waals surface area contributed by atoms with Crippen molar-refractivity contribution in [3.8, 4) is 0 Å². The minimum Gasteiger partial charge on any atom is -0.377 e. The second-order valence-corrected chi connectivity index (χ2v) is 22.8. The van der Waals surface area contributed by atoms with Gasteiger partial charge in [0.1, 0.15) is 0 Å². The molecule has 3 aromatic heterocycles. The molecule has 7 heterocycles. The van der Waals surface area contributed by atoms with Crippen molar-refractivity contribution >= 4 is 104 Å². The number of hydrogen-bond acceptors (Lipinski definition) is 16. The second-order valence-electron chi connectivity index (χ2n) is 22.8. The van der Waals surface area contributed by atoms with Gasteiger partial charge in [-0.15, -0.1) is 0 Å². The summed E-state index contributed by atoms with van der Waals surface area (Å²) in [6, 6.07) is 22.7. The molecule has 7 aromatic rings. The van der Waals surface area contributed by atoms with E-state index in [-0.39, 0.29) is 52.1 Å². The Balaban J connectivity index is 0.773. The molecular weight excluding hydrogens is 1110 g/mol. The van der Waals surface area contributed by atoms with Crippen molar-refractivity contribution in [2.24, 2.45) is 22.0 Å². The first-order valence-corrected chi connectivity index (χ1v) is 30.4. The summed E-state index contributed by atoms with van der Waals surface area (Å²) < 4.78 is 6.00. The Morgan fingerprint density at radius 1 is 0.466 bits per heavy atom. The molecule has 0 bridgehead atoms. The normalized spacial score (nSPS) is 15.4. The van der Waals surface area contributed by atoms with Gasteiger partial charge in [0.15, 0.2) is 11.6 Å². The molecule has 0 spiro atoms. The number of imide groups is 4. The zero-order valence-electron chi connectivity index (χ0n) is 50.5. The number of hydrazone groups is 2. The number of carbonyl (C=O) groups is 8. The third kappa shape index (κ3) is 11.0. The maximum Gasteiger partial charge on any atom is 0.266 e. The Kier molecular flexibility index (Phi) is 17.3. The lowest BCUT2D eigenvalue weighted by Crippen LogP contribution is -2.44. The average Bonchev–Trinajstić information content (AvgIpc) is 0.733. The summed E-state index contributed by atoms with van der Waals surface area (Å²) in [5.74, 6) is -2.93. The molecule has 0 aliphatic carbocycles. The van der Waals surface area contributed by atoms with E-state index < -0.39 is 47.3 Å². The van der Waals surface area contributed by atoms with Gasteiger partial charge in [-0.05, 0) is 122 Å². The van der Waals surface area contributed by atoms with Gasteiger partial charge in [-0.1, -0.05) is 79.6 Å². The first-order valence-electron chi connectivity index (χ1n) is 30.4. The first-order chi connectivity index (χ1) is 42.6. The highest BCUT2D eigenvalue weighted by molar-refractivity contribution is 6.40. The molecule has 20 heteroatoms. The Morgan fingerprint density at radius 2 is 0.807 bits per heavy atom. The Hall–Kier alpha value is -9.69.